The summed E-state index contributed by atoms with van der Waals surface area (Å²) in [5, 5.41) is 0. The molecule has 0 bridgehead atoms. The van der Waals surface area contributed by atoms with Crippen LogP contribution in [0.2, 0.25) is 0 Å². The molecule has 1 aliphatic heterocycles. The van der Waals surface area contributed by atoms with Gasteiger partial charge >= 0.3 is 16.3 Å². The van der Waals surface area contributed by atoms with Gasteiger partial charge < -0.3 is 9.47 Å². The van der Waals surface area contributed by atoms with Crippen molar-refractivity contribution < 1.29 is 27.5 Å². The smallest absolute Gasteiger partial charge is 0.421 e. The average molecular weight is 279 g/mol. The van der Waals surface area contributed by atoms with Gasteiger partial charge in [-0.25, -0.2) is 14.3 Å². The van der Waals surface area contributed by atoms with E-state index < -0.39 is 22.5 Å². The van der Waals surface area contributed by atoms with Crippen LogP contribution in [0.4, 0.5) is 4.79 Å². The fourth-order valence-corrected chi connectivity index (χ4v) is 2.47. The lowest BCUT2D eigenvalue weighted by molar-refractivity contribution is 0.0352. The predicted molar refractivity (Wildman–Crippen MR) is 58.5 cm³/mol. The van der Waals surface area contributed by atoms with E-state index in [0.717, 1.165) is 4.31 Å². The molecule has 0 aromatic rings. The van der Waals surface area contributed by atoms with Crippen LogP contribution in [0.3, 0.4) is 0 Å². The lowest BCUT2D eigenvalue weighted by Gasteiger charge is -2.30. The van der Waals surface area contributed by atoms with Crippen molar-refractivity contribution in [3.63, 3.8) is 0 Å². The number of rotatable bonds is 4. The zero-order valence-corrected chi connectivity index (χ0v) is 10.5. The first-order valence-electron chi connectivity index (χ1n) is 5.12. The fourth-order valence-electron chi connectivity index (χ4n) is 1.34. The second-order valence-electron chi connectivity index (χ2n) is 3.21. The van der Waals surface area contributed by atoms with Gasteiger partial charge in [0.15, 0.2) is 6.17 Å². The number of nitrogens with zero attached hydrogens (tertiary/aromatic N) is 2. The van der Waals surface area contributed by atoms with Crippen LogP contribution in [-0.2, 0) is 24.5 Å². The third-order valence-corrected chi connectivity index (χ3v) is 3.52. The molecule has 1 rings (SSSR count). The van der Waals surface area contributed by atoms with Gasteiger partial charge in [0.05, 0.1) is 19.8 Å². The van der Waals surface area contributed by atoms with E-state index in [1.807, 2.05) is 0 Å². The molecule has 0 aliphatic carbocycles. The van der Waals surface area contributed by atoms with Crippen LogP contribution in [0, 0.1) is 0 Å². The maximum absolute atomic E-state index is 11.8. The van der Waals surface area contributed by atoms with Crippen molar-refractivity contribution in [2.24, 2.45) is 4.99 Å². The quantitative estimate of drug-likeness (QED) is 0.520. The summed E-state index contributed by atoms with van der Waals surface area (Å²) in [6, 6.07) is 0. The molecule has 1 amide bonds. The zero-order valence-electron chi connectivity index (χ0n) is 9.66. The molecule has 0 saturated carbocycles. The highest BCUT2D eigenvalue weighted by Crippen LogP contribution is 2.11. The summed E-state index contributed by atoms with van der Waals surface area (Å²) in [5.41, 5.74) is 0. The largest absolute Gasteiger partial charge is 0.449 e. The molecule has 0 spiro atoms. The third kappa shape index (κ3) is 3.77. The van der Waals surface area contributed by atoms with Crippen molar-refractivity contribution in [2.45, 2.75) is 13.1 Å². The molecule has 9 nitrogen and oxygen atoms in total. The normalized spacial score (nSPS) is 20.8. The Morgan fingerprint density at radius 3 is 3.00 bits per heavy atom. The SMILES string of the molecule is CCOC(=O)NS(=O)(=O)N1CCOCC1N=C=O. The van der Waals surface area contributed by atoms with Gasteiger partial charge in [-0.15, -0.1) is 0 Å². The monoisotopic (exact) mass is 279 g/mol. The van der Waals surface area contributed by atoms with Gasteiger partial charge in [-0.2, -0.15) is 17.7 Å². The van der Waals surface area contributed by atoms with Gasteiger partial charge in [0, 0.05) is 6.54 Å². The van der Waals surface area contributed by atoms with E-state index in [2.05, 4.69) is 9.73 Å². The number of nitrogens with one attached hydrogen (secondary N) is 1. The summed E-state index contributed by atoms with van der Waals surface area (Å²) < 4.78 is 35.7. The number of morpholine rings is 1. The number of hydrogen-bond donors (Lipinski definition) is 1. The number of carbonyl (C=O) groups is 1. The number of isocyanates is 1. The minimum atomic E-state index is -4.12. The Bertz CT molecular complexity index is 444. The van der Waals surface area contributed by atoms with Crippen LogP contribution in [0.15, 0.2) is 4.99 Å². The van der Waals surface area contributed by atoms with Gasteiger partial charge in [0.2, 0.25) is 6.08 Å². The van der Waals surface area contributed by atoms with Gasteiger partial charge in [-0.05, 0) is 6.92 Å². The molecule has 0 aromatic heterocycles. The number of ether oxygens (including phenoxy) is 2. The Morgan fingerprint density at radius 1 is 1.67 bits per heavy atom. The van der Waals surface area contributed by atoms with E-state index in [1.165, 1.54) is 6.08 Å². The summed E-state index contributed by atoms with van der Waals surface area (Å²) in [4.78, 5) is 24.6. The first-order valence-corrected chi connectivity index (χ1v) is 6.56. The van der Waals surface area contributed by atoms with Crippen LogP contribution < -0.4 is 4.72 Å². The summed E-state index contributed by atoms with van der Waals surface area (Å²) in [5.74, 6) is 0. The molecule has 0 radical (unpaired) electrons. The van der Waals surface area contributed by atoms with Crippen molar-refractivity contribution in [3.8, 4) is 0 Å². The van der Waals surface area contributed by atoms with Crippen LogP contribution in [-0.4, -0.2) is 57.4 Å². The second kappa shape index (κ2) is 6.45. The first kappa shape index (κ1) is 14.6. The highest BCUT2D eigenvalue weighted by atomic mass is 32.2. The van der Waals surface area contributed by atoms with E-state index in [-0.39, 0.29) is 26.4 Å². The molecule has 1 heterocycles. The number of hydrogen-bond acceptors (Lipinski definition) is 7. The van der Waals surface area contributed by atoms with E-state index in [1.54, 1.807) is 11.6 Å². The first-order chi connectivity index (χ1) is 8.51. The minimum Gasteiger partial charge on any atom is -0.449 e. The Kier molecular flexibility index (Phi) is 5.23. The molecule has 18 heavy (non-hydrogen) atoms. The van der Waals surface area contributed by atoms with Crippen molar-refractivity contribution >= 4 is 22.4 Å². The van der Waals surface area contributed by atoms with Gasteiger partial charge in [0.25, 0.3) is 0 Å². The summed E-state index contributed by atoms with van der Waals surface area (Å²) >= 11 is 0. The summed E-state index contributed by atoms with van der Waals surface area (Å²) in [7, 11) is -4.12. The predicted octanol–water partition coefficient (Wildman–Crippen LogP) is -1.03. The maximum atomic E-state index is 11.8. The number of aliphatic imine (C=N–C) groups is 1. The van der Waals surface area contributed by atoms with E-state index >= 15 is 0 Å². The van der Waals surface area contributed by atoms with Crippen LogP contribution in [0.1, 0.15) is 6.92 Å². The van der Waals surface area contributed by atoms with Crippen molar-refractivity contribution in [1.29, 1.82) is 0 Å². The van der Waals surface area contributed by atoms with Crippen LogP contribution in [0.25, 0.3) is 0 Å². The molecule has 1 saturated heterocycles. The Hall–Kier alpha value is -1.48. The standard InChI is InChI=1S/C8H13N3O6S/c1-2-17-8(13)10-18(14,15)11-3-4-16-5-7(11)9-6-12/h7H,2-5H2,1H3,(H,10,13). The molecule has 1 aliphatic rings. The molecular weight excluding hydrogens is 266 g/mol. The van der Waals surface area contributed by atoms with Gasteiger partial charge in [-0.1, -0.05) is 0 Å². The van der Waals surface area contributed by atoms with Crippen molar-refractivity contribution in [3.05, 3.63) is 0 Å². The molecule has 10 heteroatoms. The molecule has 1 fully saturated rings. The number of carbonyl (C=O) groups excluding carboxylic acids is 2. The van der Waals surface area contributed by atoms with Crippen LogP contribution >= 0.6 is 0 Å². The van der Waals surface area contributed by atoms with E-state index in [9.17, 15) is 18.0 Å². The Morgan fingerprint density at radius 2 is 2.39 bits per heavy atom. The van der Waals surface area contributed by atoms with E-state index in [4.69, 9.17) is 4.74 Å². The Labute approximate surface area is 104 Å². The molecule has 0 aromatic carbocycles. The topological polar surface area (TPSA) is 114 Å². The molecule has 1 N–H and O–H groups in total. The van der Waals surface area contributed by atoms with E-state index in [0.29, 0.717) is 0 Å². The minimum absolute atomic E-state index is 0.0232. The summed E-state index contributed by atoms with van der Waals surface area (Å²) in [6.45, 7) is 1.64. The molecular formula is C8H13N3O6S. The fraction of sp³-hybridized carbons (Fsp3) is 0.750. The number of amides is 1. The third-order valence-electron chi connectivity index (χ3n) is 2.05. The lowest BCUT2D eigenvalue weighted by Crippen LogP contribution is -2.53. The Balaban J connectivity index is 2.81. The van der Waals surface area contributed by atoms with Crippen molar-refractivity contribution in [2.75, 3.05) is 26.4 Å². The molecule has 1 unspecified atom stereocenters. The van der Waals surface area contributed by atoms with Gasteiger partial charge in [-0.3, -0.25) is 0 Å². The summed E-state index contributed by atoms with van der Waals surface area (Å²) in [6.07, 6.45) is -0.847. The van der Waals surface area contributed by atoms with Crippen LogP contribution in [0.5, 0.6) is 0 Å². The highest BCUT2D eigenvalue weighted by molar-refractivity contribution is 7.87. The maximum Gasteiger partial charge on any atom is 0.421 e. The highest BCUT2D eigenvalue weighted by Gasteiger charge is 2.34. The van der Waals surface area contributed by atoms with Crippen molar-refractivity contribution in [1.82, 2.24) is 9.03 Å². The zero-order chi connectivity index (χ0) is 13.6. The average Bonchev–Trinajstić information content (AvgIpc) is 2.29. The second-order valence-corrected chi connectivity index (χ2v) is 4.84. The van der Waals surface area contributed by atoms with Gasteiger partial charge in [0.1, 0.15) is 0 Å². The molecule has 102 valence electrons. The lowest BCUT2D eigenvalue weighted by atomic mass is 10.4. The molecule has 1 atom stereocenters.